The van der Waals surface area contributed by atoms with E-state index in [9.17, 15) is 4.79 Å². The molecule has 0 saturated carbocycles. The summed E-state index contributed by atoms with van der Waals surface area (Å²) in [6.07, 6.45) is 0. The Balaban J connectivity index is 1.39. The number of aromatic amines is 1. The van der Waals surface area contributed by atoms with E-state index in [4.69, 9.17) is 0 Å². The molecule has 0 aliphatic carbocycles. The maximum Gasteiger partial charge on any atom is 0.268 e. The summed E-state index contributed by atoms with van der Waals surface area (Å²) in [6, 6.07) is 1.91. The van der Waals surface area contributed by atoms with E-state index in [2.05, 4.69) is 31.7 Å². The van der Waals surface area contributed by atoms with Crippen LogP contribution >= 0.6 is 23.1 Å². The first-order chi connectivity index (χ1) is 11.2. The van der Waals surface area contributed by atoms with Crippen LogP contribution in [0.25, 0.3) is 10.2 Å². The van der Waals surface area contributed by atoms with Gasteiger partial charge >= 0.3 is 0 Å². The molecule has 0 radical (unpaired) electrons. The summed E-state index contributed by atoms with van der Waals surface area (Å²) in [5.74, 6) is 0.760. The van der Waals surface area contributed by atoms with E-state index in [0.29, 0.717) is 16.5 Å². The SMILES string of the molecule is C[C@H]1CN=C(N2CCN(Cc3nc4ccsc4c(=O)[nH]3)CC2)S1. The van der Waals surface area contributed by atoms with Gasteiger partial charge in [0.2, 0.25) is 0 Å². The van der Waals surface area contributed by atoms with Crippen molar-refractivity contribution in [3.05, 3.63) is 27.6 Å². The molecule has 4 rings (SSSR count). The van der Waals surface area contributed by atoms with Gasteiger partial charge in [-0.2, -0.15) is 0 Å². The first-order valence-electron chi connectivity index (χ1n) is 7.84. The summed E-state index contributed by atoms with van der Waals surface area (Å²) in [7, 11) is 0. The van der Waals surface area contributed by atoms with Crippen molar-refractivity contribution in [1.29, 1.82) is 0 Å². The lowest BCUT2D eigenvalue weighted by Gasteiger charge is -2.35. The van der Waals surface area contributed by atoms with E-state index in [0.717, 1.165) is 44.1 Å². The van der Waals surface area contributed by atoms with Crippen molar-refractivity contribution in [2.45, 2.75) is 18.7 Å². The first kappa shape index (κ1) is 15.2. The van der Waals surface area contributed by atoms with Crippen LogP contribution in [0.5, 0.6) is 0 Å². The Hall–Kier alpha value is -1.38. The largest absolute Gasteiger partial charge is 0.349 e. The van der Waals surface area contributed by atoms with Crippen molar-refractivity contribution in [2.24, 2.45) is 4.99 Å². The lowest BCUT2D eigenvalue weighted by molar-refractivity contribution is 0.174. The lowest BCUT2D eigenvalue weighted by atomic mass is 10.3. The van der Waals surface area contributed by atoms with E-state index in [1.807, 2.05) is 23.2 Å². The van der Waals surface area contributed by atoms with Crippen LogP contribution in [0.2, 0.25) is 0 Å². The van der Waals surface area contributed by atoms with Crippen LogP contribution in [-0.2, 0) is 6.54 Å². The maximum atomic E-state index is 12.0. The lowest BCUT2D eigenvalue weighted by Crippen LogP contribution is -2.47. The van der Waals surface area contributed by atoms with Gasteiger partial charge in [0.25, 0.3) is 5.56 Å². The normalized spacial score (nSPS) is 22.7. The number of rotatable bonds is 2. The highest BCUT2D eigenvalue weighted by Gasteiger charge is 2.25. The zero-order valence-corrected chi connectivity index (χ0v) is 14.6. The van der Waals surface area contributed by atoms with Gasteiger partial charge in [-0.25, -0.2) is 4.98 Å². The minimum atomic E-state index is -0.0238. The Kier molecular flexibility index (Phi) is 4.13. The monoisotopic (exact) mass is 349 g/mol. The molecule has 0 bridgehead atoms. The van der Waals surface area contributed by atoms with Crippen LogP contribution in [0.15, 0.2) is 21.2 Å². The van der Waals surface area contributed by atoms with E-state index in [-0.39, 0.29) is 5.56 Å². The maximum absolute atomic E-state index is 12.0. The van der Waals surface area contributed by atoms with Crippen molar-refractivity contribution in [3.8, 4) is 0 Å². The molecule has 2 aromatic heterocycles. The van der Waals surface area contributed by atoms with Gasteiger partial charge in [0.05, 0.1) is 18.6 Å². The second kappa shape index (κ2) is 6.26. The minimum Gasteiger partial charge on any atom is -0.349 e. The van der Waals surface area contributed by atoms with Gasteiger partial charge in [0.1, 0.15) is 10.5 Å². The highest BCUT2D eigenvalue weighted by molar-refractivity contribution is 8.14. The van der Waals surface area contributed by atoms with Gasteiger partial charge in [-0.15, -0.1) is 11.3 Å². The molecule has 1 atom stereocenters. The Bertz CT molecular complexity index is 791. The molecular formula is C15H19N5OS2. The van der Waals surface area contributed by atoms with E-state index in [1.54, 1.807) is 0 Å². The molecule has 4 heterocycles. The van der Waals surface area contributed by atoms with Crippen molar-refractivity contribution in [3.63, 3.8) is 0 Å². The average Bonchev–Trinajstić information content (AvgIpc) is 3.17. The molecule has 1 fully saturated rings. The number of fused-ring (bicyclic) bond motifs is 1. The molecule has 0 amide bonds. The van der Waals surface area contributed by atoms with Crippen molar-refractivity contribution in [2.75, 3.05) is 32.7 Å². The van der Waals surface area contributed by atoms with Gasteiger partial charge in [-0.05, 0) is 11.4 Å². The fraction of sp³-hybridized carbons (Fsp3) is 0.533. The van der Waals surface area contributed by atoms with Crippen LogP contribution in [0.3, 0.4) is 0 Å². The third kappa shape index (κ3) is 3.15. The van der Waals surface area contributed by atoms with Gasteiger partial charge in [-0.1, -0.05) is 18.7 Å². The molecule has 0 aromatic carbocycles. The fourth-order valence-electron chi connectivity index (χ4n) is 2.94. The molecule has 0 unspecified atom stereocenters. The zero-order valence-electron chi connectivity index (χ0n) is 13.0. The number of nitrogens with zero attached hydrogens (tertiary/aromatic N) is 4. The van der Waals surface area contributed by atoms with Crippen molar-refractivity contribution < 1.29 is 0 Å². The highest BCUT2D eigenvalue weighted by Crippen LogP contribution is 2.23. The van der Waals surface area contributed by atoms with Gasteiger partial charge in [0.15, 0.2) is 5.17 Å². The number of piperazine rings is 1. The predicted octanol–water partition coefficient (Wildman–Crippen LogP) is 1.59. The number of aliphatic imine (C=N–C) groups is 1. The van der Waals surface area contributed by atoms with E-state index >= 15 is 0 Å². The second-order valence-electron chi connectivity index (χ2n) is 5.96. The molecule has 6 nitrogen and oxygen atoms in total. The number of hydrogen-bond acceptors (Lipinski definition) is 7. The molecule has 2 aliphatic rings. The fourth-order valence-corrected chi connectivity index (χ4v) is 4.66. The smallest absolute Gasteiger partial charge is 0.268 e. The molecule has 23 heavy (non-hydrogen) atoms. The van der Waals surface area contributed by atoms with Crippen LogP contribution in [0.4, 0.5) is 0 Å². The quantitative estimate of drug-likeness (QED) is 0.892. The predicted molar refractivity (Wildman–Crippen MR) is 96.4 cm³/mol. The van der Waals surface area contributed by atoms with Crippen LogP contribution in [0, 0.1) is 0 Å². The van der Waals surface area contributed by atoms with Crippen LogP contribution in [0.1, 0.15) is 12.7 Å². The zero-order chi connectivity index (χ0) is 15.8. The van der Waals surface area contributed by atoms with Crippen molar-refractivity contribution >= 4 is 38.5 Å². The average molecular weight is 349 g/mol. The summed E-state index contributed by atoms with van der Waals surface area (Å²) in [5.41, 5.74) is 0.780. The Morgan fingerprint density at radius 3 is 2.91 bits per heavy atom. The molecule has 8 heteroatoms. The number of hydrogen-bond donors (Lipinski definition) is 1. The molecule has 1 N–H and O–H groups in total. The first-order valence-corrected chi connectivity index (χ1v) is 9.60. The number of thiophene rings is 1. The molecule has 122 valence electrons. The van der Waals surface area contributed by atoms with Crippen molar-refractivity contribution in [1.82, 2.24) is 19.8 Å². The minimum absolute atomic E-state index is 0.0238. The summed E-state index contributed by atoms with van der Waals surface area (Å²) in [4.78, 5) is 28.9. The summed E-state index contributed by atoms with van der Waals surface area (Å²) in [6.45, 7) is 7.78. The Labute approximate surface area is 142 Å². The Morgan fingerprint density at radius 2 is 2.17 bits per heavy atom. The number of nitrogens with one attached hydrogen (secondary N) is 1. The van der Waals surface area contributed by atoms with E-state index in [1.165, 1.54) is 16.5 Å². The number of thioether (sulfide) groups is 1. The summed E-state index contributed by atoms with van der Waals surface area (Å²) in [5, 5.41) is 3.72. The summed E-state index contributed by atoms with van der Waals surface area (Å²) < 4.78 is 0.712. The van der Waals surface area contributed by atoms with Gasteiger partial charge < -0.3 is 9.88 Å². The molecule has 0 spiro atoms. The number of aromatic nitrogens is 2. The van der Waals surface area contributed by atoms with E-state index < -0.39 is 0 Å². The molecule has 2 aromatic rings. The van der Waals surface area contributed by atoms with Crippen LogP contribution in [-0.4, -0.2) is 62.9 Å². The third-order valence-corrected chi connectivity index (χ3v) is 6.22. The Morgan fingerprint density at radius 1 is 1.35 bits per heavy atom. The molecule has 2 aliphatic heterocycles. The standard InChI is InChI=1S/C15H19N5OS2/c1-10-8-16-15(23-10)20-5-3-19(4-6-20)9-12-17-11-2-7-22-13(11)14(21)18-12/h2,7,10H,3-6,8-9H2,1H3,(H,17,18,21)/t10-/m0/s1. The summed E-state index contributed by atoms with van der Waals surface area (Å²) >= 11 is 3.32. The topological polar surface area (TPSA) is 64.6 Å². The molecular weight excluding hydrogens is 330 g/mol. The second-order valence-corrected chi connectivity index (χ2v) is 8.28. The molecule has 1 saturated heterocycles. The number of H-pyrrole nitrogens is 1. The van der Waals surface area contributed by atoms with Crippen LogP contribution < -0.4 is 5.56 Å². The van der Waals surface area contributed by atoms with Gasteiger partial charge in [0, 0.05) is 31.4 Å². The number of amidine groups is 1. The van der Waals surface area contributed by atoms with Gasteiger partial charge in [-0.3, -0.25) is 14.7 Å². The third-order valence-electron chi connectivity index (χ3n) is 4.17. The highest BCUT2D eigenvalue weighted by atomic mass is 32.2.